The molecule has 0 aromatic heterocycles. The highest BCUT2D eigenvalue weighted by molar-refractivity contribution is 14.1. The van der Waals surface area contributed by atoms with Gasteiger partial charge in [-0.1, -0.05) is 111 Å². The van der Waals surface area contributed by atoms with Gasteiger partial charge in [0.1, 0.15) is 0 Å². The number of rotatable bonds is 10. The van der Waals surface area contributed by atoms with Gasteiger partial charge in [-0.3, -0.25) is 0 Å². The molecule has 0 aliphatic heterocycles. The van der Waals surface area contributed by atoms with Crippen LogP contribution in [-0.2, 0) is 0 Å². The van der Waals surface area contributed by atoms with Crippen LogP contribution in [0.5, 0.6) is 0 Å². The monoisotopic (exact) mass is 480 g/mol. The zero-order chi connectivity index (χ0) is 14.2. The van der Waals surface area contributed by atoms with Gasteiger partial charge in [-0.15, -0.1) is 0 Å². The van der Waals surface area contributed by atoms with Crippen LogP contribution < -0.4 is 0 Å². The van der Waals surface area contributed by atoms with E-state index in [1.807, 2.05) is 0 Å². The van der Waals surface area contributed by atoms with Gasteiger partial charge in [-0.2, -0.15) is 0 Å². The van der Waals surface area contributed by atoms with Gasteiger partial charge in [-0.25, -0.2) is 0 Å². The van der Waals surface area contributed by atoms with Crippen molar-refractivity contribution in [1.82, 2.24) is 0 Å². The van der Waals surface area contributed by atoms with E-state index in [0.29, 0.717) is 0 Å². The molecule has 0 N–H and O–H groups in total. The number of hydrogen-bond donors (Lipinski definition) is 0. The molecule has 0 saturated carbocycles. The van der Waals surface area contributed by atoms with Crippen LogP contribution in [0.4, 0.5) is 0 Å². The summed E-state index contributed by atoms with van der Waals surface area (Å²) in [5.74, 6) is 1.95. The van der Waals surface area contributed by atoms with Crippen LogP contribution in [0, 0.1) is 11.8 Å². The number of hydrogen-bond acceptors (Lipinski definition) is 0. The zero-order valence-corrected chi connectivity index (χ0v) is 17.3. The molecule has 0 aliphatic carbocycles. The fourth-order valence-electron chi connectivity index (χ4n) is 1.77. The summed E-state index contributed by atoms with van der Waals surface area (Å²) in [5, 5.41) is 0. The first kappa shape index (κ1) is 21.8. The molecule has 2 heteroatoms. The zero-order valence-electron chi connectivity index (χ0n) is 13.0. The Kier molecular flexibility index (Phi) is 22.3. The van der Waals surface area contributed by atoms with Crippen LogP contribution in [0.2, 0.25) is 0 Å². The molecule has 0 saturated heterocycles. The van der Waals surface area contributed by atoms with Gasteiger partial charge in [0.25, 0.3) is 0 Å². The molecule has 0 fully saturated rings. The molecule has 112 valence electrons. The van der Waals surface area contributed by atoms with Crippen molar-refractivity contribution < 1.29 is 0 Å². The van der Waals surface area contributed by atoms with E-state index in [9.17, 15) is 0 Å². The van der Waals surface area contributed by atoms with Gasteiger partial charge < -0.3 is 0 Å². The van der Waals surface area contributed by atoms with E-state index in [4.69, 9.17) is 0 Å². The Morgan fingerprint density at radius 1 is 0.833 bits per heavy atom. The van der Waals surface area contributed by atoms with Crippen molar-refractivity contribution in [3.05, 3.63) is 0 Å². The quantitative estimate of drug-likeness (QED) is 0.228. The average molecular weight is 480 g/mol. The van der Waals surface area contributed by atoms with Crippen LogP contribution in [0.3, 0.4) is 0 Å². The second kappa shape index (κ2) is 18.5. The summed E-state index contributed by atoms with van der Waals surface area (Å²) < 4.78 is 2.66. The lowest BCUT2D eigenvalue weighted by Gasteiger charge is -2.08. The third-order valence-corrected chi connectivity index (χ3v) is 5.28. The molecular formula is C16H34I2. The molecule has 2 unspecified atom stereocenters. The summed E-state index contributed by atoms with van der Waals surface area (Å²) in [4.78, 5) is 0. The van der Waals surface area contributed by atoms with Crippen molar-refractivity contribution >= 4 is 45.2 Å². The van der Waals surface area contributed by atoms with Gasteiger partial charge >= 0.3 is 0 Å². The fourth-order valence-corrected chi connectivity index (χ4v) is 3.89. The first-order valence-corrected chi connectivity index (χ1v) is 10.8. The number of alkyl halides is 2. The molecular weight excluding hydrogens is 446 g/mol. The van der Waals surface area contributed by atoms with Crippen molar-refractivity contribution in [3.8, 4) is 0 Å². The minimum absolute atomic E-state index is 0.960. The summed E-state index contributed by atoms with van der Waals surface area (Å²) in [6, 6.07) is 0. The molecule has 0 rings (SSSR count). The van der Waals surface area contributed by atoms with Crippen LogP contribution in [-0.4, -0.2) is 8.86 Å². The van der Waals surface area contributed by atoms with E-state index < -0.39 is 0 Å². The van der Waals surface area contributed by atoms with Crippen LogP contribution in [0.1, 0.15) is 79.1 Å². The first-order valence-electron chi connectivity index (χ1n) is 7.77. The third kappa shape index (κ3) is 17.5. The maximum Gasteiger partial charge on any atom is 0.00236 e. The predicted octanol–water partition coefficient (Wildman–Crippen LogP) is 7.28. The third-order valence-electron chi connectivity index (χ3n) is 3.41. The highest BCUT2D eigenvalue weighted by atomic mass is 127. The molecule has 2 atom stereocenters. The second-order valence-corrected chi connectivity index (χ2v) is 7.26. The summed E-state index contributed by atoms with van der Waals surface area (Å²) >= 11 is 4.94. The Morgan fingerprint density at radius 2 is 1.39 bits per heavy atom. The van der Waals surface area contributed by atoms with E-state index in [2.05, 4.69) is 72.9 Å². The van der Waals surface area contributed by atoms with Gasteiger partial charge in [0.05, 0.1) is 0 Å². The Bertz CT molecular complexity index is 133. The van der Waals surface area contributed by atoms with Crippen molar-refractivity contribution in [2.24, 2.45) is 11.8 Å². The molecule has 0 aromatic carbocycles. The minimum Gasteiger partial charge on any atom is -0.0864 e. The Morgan fingerprint density at radius 3 is 1.78 bits per heavy atom. The van der Waals surface area contributed by atoms with Crippen molar-refractivity contribution in [2.45, 2.75) is 79.1 Å². The van der Waals surface area contributed by atoms with E-state index in [-0.39, 0.29) is 0 Å². The lowest BCUT2D eigenvalue weighted by Crippen LogP contribution is -1.98. The molecule has 0 aromatic rings. The van der Waals surface area contributed by atoms with E-state index >= 15 is 0 Å². The minimum atomic E-state index is 0.960. The number of halogens is 2. The molecule has 0 amide bonds. The van der Waals surface area contributed by atoms with E-state index in [0.717, 1.165) is 11.8 Å². The van der Waals surface area contributed by atoms with Gasteiger partial charge in [0.2, 0.25) is 0 Å². The maximum absolute atomic E-state index is 2.49. The Labute approximate surface area is 144 Å². The topological polar surface area (TPSA) is 0 Å². The van der Waals surface area contributed by atoms with Crippen LogP contribution in [0.25, 0.3) is 0 Å². The maximum atomic E-state index is 2.49. The predicted molar refractivity (Wildman–Crippen MR) is 104 cm³/mol. The standard InChI is InChI=1S/2C8H17I/c1-3-4-5-8(2)6-7-9;1-3-5-6-8(4-2)7-9/h2*8H,3-7H2,1-2H3. The number of unbranched alkanes of at least 4 members (excludes halogenated alkanes) is 2. The van der Waals surface area contributed by atoms with Gasteiger partial charge in [0.15, 0.2) is 0 Å². The van der Waals surface area contributed by atoms with E-state index in [1.165, 1.54) is 60.2 Å². The summed E-state index contributed by atoms with van der Waals surface area (Å²) in [7, 11) is 0. The summed E-state index contributed by atoms with van der Waals surface area (Å²) in [6.07, 6.45) is 11.2. The lowest BCUT2D eigenvalue weighted by molar-refractivity contribution is 0.497. The molecule has 0 nitrogen and oxygen atoms in total. The highest BCUT2D eigenvalue weighted by Crippen LogP contribution is 2.14. The molecule has 0 heterocycles. The average Bonchev–Trinajstić information content (AvgIpc) is 2.39. The van der Waals surface area contributed by atoms with Gasteiger partial charge in [-0.05, 0) is 29.1 Å². The first-order chi connectivity index (χ1) is 8.65. The van der Waals surface area contributed by atoms with Crippen molar-refractivity contribution in [3.63, 3.8) is 0 Å². The normalized spacial score (nSPS) is 13.7. The van der Waals surface area contributed by atoms with E-state index in [1.54, 1.807) is 0 Å². The molecule has 0 spiro atoms. The second-order valence-electron chi connectivity index (χ2n) is 5.30. The largest absolute Gasteiger partial charge is 0.0864 e. The SMILES string of the molecule is CCCCC(C)CCI.CCCCC(CC)CI. The summed E-state index contributed by atoms with van der Waals surface area (Å²) in [6.45, 7) is 9.17. The van der Waals surface area contributed by atoms with Crippen molar-refractivity contribution in [2.75, 3.05) is 8.86 Å². The molecule has 18 heavy (non-hydrogen) atoms. The van der Waals surface area contributed by atoms with Crippen molar-refractivity contribution in [1.29, 1.82) is 0 Å². The molecule has 0 aliphatic rings. The highest BCUT2D eigenvalue weighted by Gasteiger charge is 2.01. The molecule has 0 radical (unpaired) electrons. The smallest absolute Gasteiger partial charge is 0.00236 e. The molecule has 0 bridgehead atoms. The van der Waals surface area contributed by atoms with Crippen LogP contribution >= 0.6 is 45.2 Å². The summed E-state index contributed by atoms with van der Waals surface area (Å²) in [5.41, 5.74) is 0. The Hall–Kier alpha value is 1.46. The fraction of sp³-hybridized carbons (Fsp3) is 1.00. The Balaban J connectivity index is 0. The van der Waals surface area contributed by atoms with Crippen LogP contribution in [0.15, 0.2) is 0 Å². The van der Waals surface area contributed by atoms with Gasteiger partial charge in [0, 0.05) is 4.43 Å². The lowest BCUT2D eigenvalue weighted by atomic mass is 10.0.